The van der Waals surface area contributed by atoms with Crippen LogP contribution in [0.4, 0.5) is 17.1 Å². The third-order valence-electron chi connectivity index (χ3n) is 3.55. The highest BCUT2D eigenvalue weighted by molar-refractivity contribution is 7.86. The van der Waals surface area contributed by atoms with E-state index in [1.807, 2.05) is 0 Å². The number of nitrogens with one attached hydrogen (secondary N) is 1. The van der Waals surface area contributed by atoms with Crippen LogP contribution in [0.1, 0.15) is 13.3 Å². The Bertz CT molecular complexity index is 1210. The molecule has 0 fully saturated rings. The predicted octanol–water partition coefficient (Wildman–Crippen LogP) is 4.06. The molecule has 13 heteroatoms. The summed E-state index contributed by atoms with van der Waals surface area (Å²) in [6, 6.07) is 5.18. The van der Waals surface area contributed by atoms with Crippen LogP contribution in [0.15, 0.2) is 39.4 Å². The number of hydrogen-bond donors (Lipinski definition) is 3. The number of phenols is 1. The summed E-state index contributed by atoms with van der Waals surface area (Å²) in [6.45, 7) is 1.65. The third kappa shape index (κ3) is 4.09. The average molecular weight is 442 g/mol. The minimum absolute atomic E-state index is 0.0245. The number of carbonyl (C=O) groups excluding carboxylic acids is 1. The number of benzene rings is 2. The molecule has 0 spiro atoms. The summed E-state index contributed by atoms with van der Waals surface area (Å²) in [6.07, 6.45) is 0.206. The normalized spacial score (nSPS) is 12.0. The molecule has 3 N–H and O–H groups in total. The molecule has 0 aliphatic heterocycles. The number of carbonyl (C=O) groups is 1. The molecule has 10 nitrogen and oxygen atoms in total. The van der Waals surface area contributed by atoms with Crippen LogP contribution in [-0.4, -0.2) is 32.7 Å². The molecule has 0 aliphatic rings. The molecule has 0 atom stereocenters. The Morgan fingerprint density at radius 3 is 2.64 bits per heavy atom. The van der Waals surface area contributed by atoms with Crippen LogP contribution in [0.3, 0.4) is 0 Å². The maximum Gasteiger partial charge on any atom is 0.296 e. The molecule has 1 heterocycles. The summed E-state index contributed by atoms with van der Waals surface area (Å²) in [5.41, 5.74) is 0.635. The number of aromatic hydroxyl groups is 1. The Morgan fingerprint density at radius 2 is 1.96 bits per heavy atom. The van der Waals surface area contributed by atoms with Gasteiger partial charge >= 0.3 is 0 Å². The van der Waals surface area contributed by atoms with E-state index < -0.39 is 10.1 Å². The fraction of sp³-hybridized carbons (Fsp3) is 0.133. The van der Waals surface area contributed by atoms with Crippen LogP contribution in [0.5, 0.6) is 5.75 Å². The number of anilines is 1. The molecule has 0 saturated heterocycles. The summed E-state index contributed by atoms with van der Waals surface area (Å²) in [5.74, 6) is -0.623. The van der Waals surface area contributed by atoms with Crippen molar-refractivity contribution in [1.82, 2.24) is 8.75 Å². The van der Waals surface area contributed by atoms with Gasteiger partial charge in [-0.15, -0.1) is 5.11 Å². The zero-order chi connectivity index (χ0) is 20.5. The van der Waals surface area contributed by atoms with Crippen molar-refractivity contribution < 1.29 is 22.9 Å². The predicted molar refractivity (Wildman–Crippen MR) is 103 cm³/mol. The summed E-state index contributed by atoms with van der Waals surface area (Å²) >= 11 is 6.71. The average Bonchev–Trinajstić information content (AvgIpc) is 3.12. The lowest BCUT2D eigenvalue weighted by Crippen LogP contribution is -2.09. The molecule has 0 unspecified atom stereocenters. The van der Waals surface area contributed by atoms with Gasteiger partial charge in [0.25, 0.3) is 10.1 Å². The van der Waals surface area contributed by atoms with Crippen LogP contribution in [0, 0.1) is 0 Å². The molecule has 0 saturated carbocycles. The summed E-state index contributed by atoms with van der Waals surface area (Å²) < 4.78 is 40.0. The number of halogens is 1. The summed E-state index contributed by atoms with van der Waals surface area (Å²) in [4.78, 5) is 11.2. The lowest BCUT2D eigenvalue weighted by molar-refractivity contribution is -0.115. The van der Waals surface area contributed by atoms with Gasteiger partial charge < -0.3 is 10.4 Å². The Kier molecular flexibility index (Phi) is 5.56. The topological polar surface area (TPSA) is 154 Å². The van der Waals surface area contributed by atoms with Gasteiger partial charge in [-0.25, -0.2) is 0 Å². The number of fused-ring (bicyclic) bond motifs is 1. The van der Waals surface area contributed by atoms with Gasteiger partial charge in [-0.05, 0) is 24.3 Å². The van der Waals surface area contributed by atoms with Gasteiger partial charge in [0.2, 0.25) is 5.91 Å². The second-order valence-corrected chi connectivity index (χ2v) is 7.77. The SMILES string of the molecule is CCC(=O)Nc1cc(/N=N/c2ccc(S(=O)(=O)O)c3nsnc23)cc(Cl)c1O. The van der Waals surface area contributed by atoms with E-state index in [9.17, 15) is 22.9 Å². The van der Waals surface area contributed by atoms with Crippen molar-refractivity contribution in [2.45, 2.75) is 18.2 Å². The first-order valence-electron chi connectivity index (χ1n) is 7.67. The Balaban J connectivity index is 2.01. The van der Waals surface area contributed by atoms with E-state index in [-0.39, 0.29) is 56.1 Å². The summed E-state index contributed by atoms with van der Waals surface area (Å²) in [5, 5.41) is 20.4. The van der Waals surface area contributed by atoms with Crippen molar-refractivity contribution in [2.24, 2.45) is 10.2 Å². The number of amides is 1. The van der Waals surface area contributed by atoms with Crippen molar-refractivity contribution in [3.8, 4) is 5.75 Å². The smallest absolute Gasteiger partial charge is 0.296 e. The van der Waals surface area contributed by atoms with E-state index in [0.717, 1.165) is 17.8 Å². The fourth-order valence-corrected chi connectivity index (χ4v) is 3.67. The minimum Gasteiger partial charge on any atom is -0.504 e. The molecule has 146 valence electrons. The molecule has 0 bridgehead atoms. The van der Waals surface area contributed by atoms with E-state index in [4.69, 9.17) is 11.6 Å². The zero-order valence-electron chi connectivity index (χ0n) is 14.1. The standard InChI is InChI=1S/C15H12ClN5O5S2/c1-2-12(22)17-10-6-7(5-8(16)15(10)23)18-19-9-3-4-11(28(24,25)26)14-13(9)20-27-21-14/h3-6,23H,2H2,1H3,(H,17,22)(H,24,25,26)/b19-18+. The van der Waals surface area contributed by atoms with Gasteiger partial charge in [-0.1, -0.05) is 18.5 Å². The number of nitrogens with zero attached hydrogens (tertiary/aromatic N) is 4. The molecule has 2 aromatic carbocycles. The van der Waals surface area contributed by atoms with Crippen LogP contribution in [-0.2, 0) is 14.9 Å². The summed E-state index contributed by atoms with van der Waals surface area (Å²) in [7, 11) is -4.47. The van der Waals surface area contributed by atoms with Crippen molar-refractivity contribution >= 4 is 67.4 Å². The van der Waals surface area contributed by atoms with Gasteiger partial charge in [0, 0.05) is 6.42 Å². The van der Waals surface area contributed by atoms with E-state index in [1.54, 1.807) is 6.92 Å². The number of aromatic nitrogens is 2. The van der Waals surface area contributed by atoms with Crippen LogP contribution < -0.4 is 5.32 Å². The maximum absolute atomic E-state index is 11.6. The van der Waals surface area contributed by atoms with Gasteiger partial charge in [0.05, 0.1) is 28.1 Å². The monoisotopic (exact) mass is 441 g/mol. The second-order valence-electron chi connectivity index (χ2n) is 5.44. The Morgan fingerprint density at radius 1 is 1.25 bits per heavy atom. The molecular formula is C15H12ClN5O5S2. The fourth-order valence-electron chi connectivity index (χ4n) is 2.21. The van der Waals surface area contributed by atoms with Crippen molar-refractivity contribution in [3.05, 3.63) is 29.3 Å². The molecular weight excluding hydrogens is 430 g/mol. The molecule has 0 aliphatic carbocycles. The van der Waals surface area contributed by atoms with E-state index in [1.165, 1.54) is 18.2 Å². The Labute approximate surface area is 168 Å². The van der Waals surface area contributed by atoms with Gasteiger partial charge in [0.1, 0.15) is 21.6 Å². The van der Waals surface area contributed by atoms with E-state index in [0.29, 0.717) is 0 Å². The van der Waals surface area contributed by atoms with Gasteiger partial charge in [0.15, 0.2) is 5.75 Å². The molecule has 3 rings (SSSR count). The molecule has 3 aromatic rings. The first-order chi connectivity index (χ1) is 13.2. The highest BCUT2D eigenvalue weighted by Gasteiger charge is 2.19. The molecule has 0 radical (unpaired) electrons. The van der Waals surface area contributed by atoms with Gasteiger partial charge in [-0.3, -0.25) is 9.35 Å². The molecule has 1 aromatic heterocycles. The minimum atomic E-state index is -4.47. The first-order valence-corrected chi connectivity index (χ1v) is 10.2. The zero-order valence-corrected chi connectivity index (χ0v) is 16.5. The number of phenolic OH excluding ortho intramolecular Hbond substituents is 1. The molecule has 28 heavy (non-hydrogen) atoms. The number of rotatable bonds is 5. The van der Waals surface area contributed by atoms with E-state index >= 15 is 0 Å². The van der Waals surface area contributed by atoms with Crippen molar-refractivity contribution in [2.75, 3.05) is 5.32 Å². The first kappa shape index (κ1) is 20.1. The van der Waals surface area contributed by atoms with Crippen molar-refractivity contribution in [3.63, 3.8) is 0 Å². The highest BCUT2D eigenvalue weighted by Crippen LogP contribution is 2.37. The number of azo groups is 1. The lowest BCUT2D eigenvalue weighted by Gasteiger charge is -2.08. The van der Waals surface area contributed by atoms with E-state index in [2.05, 4.69) is 24.3 Å². The van der Waals surface area contributed by atoms with Crippen LogP contribution in [0.25, 0.3) is 11.0 Å². The lowest BCUT2D eigenvalue weighted by atomic mass is 10.2. The molecule has 1 amide bonds. The van der Waals surface area contributed by atoms with Crippen LogP contribution >= 0.6 is 23.3 Å². The van der Waals surface area contributed by atoms with Crippen molar-refractivity contribution in [1.29, 1.82) is 0 Å². The maximum atomic E-state index is 11.6. The Hall–Kier alpha value is -2.67. The van der Waals surface area contributed by atoms with Crippen LogP contribution in [0.2, 0.25) is 5.02 Å². The second kappa shape index (κ2) is 7.75. The number of hydrogen-bond acceptors (Lipinski definition) is 9. The third-order valence-corrected chi connectivity index (χ3v) is 5.25. The van der Waals surface area contributed by atoms with Gasteiger partial charge in [-0.2, -0.15) is 22.3 Å². The largest absolute Gasteiger partial charge is 0.504 e. The quantitative estimate of drug-likeness (QED) is 0.306. The highest BCUT2D eigenvalue weighted by atomic mass is 35.5.